The number of benzene rings is 3. The molecule has 16 atom stereocenters. The van der Waals surface area contributed by atoms with Crippen LogP contribution in [0.2, 0.25) is 0 Å². The number of aliphatic hydroxyl groups is 8. The number of imidazole rings is 1. The van der Waals surface area contributed by atoms with E-state index in [1.54, 1.807) is 24.7 Å². The summed E-state index contributed by atoms with van der Waals surface area (Å²) in [5, 5.41) is 127. The highest BCUT2D eigenvalue weighted by Gasteiger charge is 2.74. The Bertz CT molecular complexity index is 3270. The molecule has 3 aromatic carbocycles. The number of amides is 1. The molecule has 2 aromatic heterocycles. The minimum atomic E-state index is -3.24. The van der Waals surface area contributed by atoms with Crippen LogP contribution in [0.3, 0.4) is 0 Å². The van der Waals surface area contributed by atoms with Crippen LogP contribution in [0.5, 0.6) is 17.2 Å². The van der Waals surface area contributed by atoms with Crippen molar-refractivity contribution in [3.05, 3.63) is 142 Å². The number of ether oxygens (including phenoxy) is 2. The second-order valence-electron chi connectivity index (χ2n) is 21.9. The molecular weight excluding hydrogens is 1010 g/mol. The maximum absolute atomic E-state index is 15.7. The molecule has 78 heavy (non-hydrogen) atoms. The lowest BCUT2D eigenvalue weighted by Crippen LogP contribution is -2.67. The molecule has 5 aromatic rings. The van der Waals surface area contributed by atoms with Crippen LogP contribution in [0.25, 0.3) is 12.2 Å². The number of carbonyl (C=O) groups excluding carboxylic acids is 1. The molecule has 16 unspecified atom stereocenters. The van der Waals surface area contributed by atoms with Gasteiger partial charge in [-0.2, -0.15) is 0 Å². The fraction of sp³-hybridized carbons (Fsp3) is 0.421. The van der Waals surface area contributed by atoms with Crippen molar-refractivity contribution in [3.8, 4) is 17.2 Å². The Kier molecular flexibility index (Phi) is 12.8. The van der Waals surface area contributed by atoms with E-state index in [-0.39, 0.29) is 59.8 Å². The molecule has 21 heteroatoms. The predicted molar refractivity (Wildman–Crippen MR) is 279 cm³/mol. The Labute approximate surface area is 446 Å². The molecule has 16 N–H and O–H groups in total. The number of aliphatic hydroxyl groups excluding tert-OH is 7. The normalized spacial score (nSPS) is 35.4. The zero-order valence-electron chi connectivity index (χ0n) is 42.0. The van der Waals surface area contributed by atoms with Gasteiger partial charge in [-0.1, -0.05) is 48.1 Å². The first-order valence-electron chi connectivity index (χ1n) is 26.3. The third kappa shape index (κ3) is 7.55. The number of phenols is 2. The summed E-state index contributed by atoms with van der Waals surface area (Å²) >= 11 is 0. The van der Waals surface area contributed by atoms with Gasteiger partial charge < -0.3 is 86.7 Å². The predicted octanol–water partition coefficient (Wildman–Crippen LogP) is 2.10. The smallest absolute Gasteiger partial charge is 0.355 e. The summed E-state index contributed by atoms with van der Waals surface area (Å²) in [4.78, 5) is 42.8. The lowest BCUT2D eigenvalue weighted by Gasteiger charge is -2.50. The topological polar surface area (TPSA) is 361 Å². The number of carboxylic acids is 1. The third-order valence-corrected chi connectivity index (χ3v) is 18.2. The molecule has 12 rings (SSSR count). The number of aromatic hydroxyl groups is 2. The average molecular weight is 1070 g/mol. The van der Waals surface area contributed by atoms with E-state index in [4.69, 9.17) is 15.2 Å². The SMILES string of the molecule is NC1CCC2C=Cc3ccccc3C12C1C2=C(CC(O)C(O)C2)C2(C(=O)O)C1c1cc(O)c(OC3(O)OC(CO)C(O)C(O)C3O)cc1N2C(=O)C=Cc1ccc(O)c(C2CC(CO)C(CNc3ccc[nH]3)c3nc[nH]c32)c1. The average Bonchev–Trinajstić information content (AvgIpc) is 2.39. The van der Waals surface area contributed by atoms with Crippen LogP contribution < -0.4 is 20.7 Å². The van der Waals surface area contributed by atoms with E-state index in [1.807, 2.05) is 42.5 Å². The van der Waals surface area contributed by atoms with Gasteiger partial charge in [-0.25, -0.2) is 9.78 Å². The fourth-order valence-corrected chi connectivity index (χ4v) is 14.8. The van der Waals surface area contributed by atoms with Gasteiger partial charge >= 0.3 is 11.9 Å². The van der Waals surface area contributed by atoms with Gasteiger partial charge in [0, 0.05) is 84.3 Å². The lowest BCUT2D eigenvalue weighted by molar-refractivity contribution is -0.422. The quantitative estimate of drug-likeness (QED) is 0.0483. The number of carboxylic acid groups (broad SMARTS) is 1. The summed E-state index contributed by atoms with van der Waals surface area (Å²) in [6.45, 7) is -0.656. The Morgan fingerprint density at radius 1 is 0.910 bits per heavy atom. The molecule has 5 aliphatic carbocycles. The number of aromatic amines is 2. The summed E-state index contributed by atoms with van der Waals surface area (Å²) < 4.78 is 11.2. The molecule has 1 amide bonds. The van der Waals surface area contributed by atoms with Gasteiger partial charge in [0.1, 0.15) is 29.9 Å². The second-order valence-corrected chi connectivity index (χ2v) is 21.9. The summed E-state index contributed by atoms with van der Waals surface area (Å²) in [5.74, 6) is -9.70. The fourth-order valence-electron chi connectivity index (χ4n) is 14.8. The molecule has 7 aliphatic rings. The van der Waals surface area contributed by atoms with E-state index in [2.05, 4.69) is 26.3 Å². The maximum Gasteiger partial charge on any atom is 0.355 e. The van der Waals surface area contributed by atoms with Crippen molar-refractivity contribution in [2.24, 2.45) is 23.5 Å². The monoisotopic (exact) mass is 1070 g/mol. The molecule has 410 valence electrons. The highest BCUT2D eigenvalue weighted by Crippen LogP contribution is 2.72. The van der Waals surface area contributed by atoms with Crippen LogP contribution in [0, 0.1) is 17.8 Å². The standard InChI is InChI=1S/C57H62N6O15/c58-44-13-11-29-10-9-27-4-1-2-5-35(27)55(29,44)47-32-18-39(67)40(68)20-36(32)56(54(74)75)48(47)33-19-41(69)42(77-57(76)53(73)52(72)51(71)43(24-65)78-57)21-37(33)63(56)46(70)14-8-26-7-12-38(66)30(16-26)31-17-28(23-64)34(50-49(31)61-25-62-50)22-60-45-6-3-15-59-45/h1-10,12,14-16,19,21,25,28-29,31,34,39-40,43-44,47-48,51-53,59-60,64-69,71-73,76H,11,13,17-18,20,22-24,58H2,(H,61,62)(H,74,75). The van der Waals surface area contributed by atoms with Crippen molar-refractivity contribution in [1.29, 1.82) is 0 Å². The first kappa shape index (κ1) is 51.8. The Morgan fingerprint density at radius 3 is 2.46 bits per heavy atom. The number of carbonyl (C=O) groups is 2. The number of hydrogen-bond acceptors (Lipinski definition) is 17. The zero-order chi connectivity index (χ0) is 54.7. The van der Waals surface area contributed by atoms with E-state index >= 15 is 9.59 Å². The molecule has 1 saturated heterocycles. The molecule has 0 bridgehead atoms. The van der Waals surface area contributed by atoms with Gasteiger partial charge in [0.05, 0.1) is 36.5 Å². The number of H-pyrrole nitrogens is 2. The molecule has 1 saturated carbocycles. The number of hydrogen-bond donors (Lipinski definition) is 15. The van der Waals surface area contributed by atoms with Crippen LogP contribution >= 0.6 is 0 Å². The van der Waals surface area contributed by atoms with Gasteiger partial charge in [-0.05, 0) is 102 Å². The molecule has 2 fully saturated rings. The van der Waals surface area contributed by atoms with Crippen molar-refractivity contribution in [3.63, 3.8) is 0 Å². The van der Waals surface area contributed by atoms with Gasteiger partial charge in [0.15, 0.2) is 23.1 Å². The number of phenolic OH excluding ortho intramolecular Hbond substituents is 2. The van der Waals surface area contributed by atoms with Gasteiger partial charge in [0.25, 0.3) is 5.91 Å². The van der Waals surface area contributed by atoms with Gasteiger partial charge in [0.2, 0.25) is 0 Å². The first-order valence-corrected chi connectivity index (χ1v) is 26.3. The van der Waals surface area contributed by atoms with Crippen LogP contribution in [-0.4, -0.2) is 157 Å². The molecular formula is C57H62N6O15. The number of fused-ring (bicyclic) bond motifs is 8. The summed E-state index contributed by atoms with van der Waals surface area (Å²) in [7, 11) is 0. The summed E-state index contributed by atoms with van der Waals surface area (Å²) in [6.07, 6.45) is 0.180. The minimum absolute atomic E-state index is 0.0605. The zero-order valence-corrected chi connectivity index (χ0v) is 42.0. The van der Waals surface area contributed by atoms with E-state index in [0.29, 0.717) is 42.5 Å². The highest BCUT2D eigenvalue weighted by molar-refractivity contribution is 6.14. The van der Waals surface area contributed by atoms with Gasteiger partial charge in [-0.15, -0.1) is 0 Å². The molecule has 21 nitrogen and oxygen atoms in total. The minimum Gasteiger partial charge on any atom is -0.508 e. The van der Waals surface area contributed by atoms with Crippen molar-refractivity contribution < 1.29 is 75.2 Å². The van der Waals surface area contributed by atoms with E-state index in [1.165, 1.54) is 18.2 Å². The number of rotatable bonds is 12. The second kappa shape index (κ2) is 19.2. The number of anilines is 2. The van der Waals surface area contributed by atoms with E-state index in [9.17, 15) is 56.2 Å². The van der Waals surface area contributed by atoms with Crippen LogP contribution in [0.4, 0.5) is 11.5 Å². The van der Waals surface area contributed by atoms with Crippen molar-refractivity contribution in [2.75, 3.05) is 30.0 Å². The molecule has 0 radical (unpaired) electrons. The van der Waals surface area contributed by atoms with Crippen molar-refractivity contribution >= 4 is 35.5 Å². The number of nitrogens with zero attached hydrogens (tertiary/aromatic N) is 2. The van der Waals surface area contributed by atoms with Crippen molar-refractivity contribution in [2.45, 2.75) is 109 Å². The van der Waals surface area contributed by atoms with E-state index < -0.39 is 107 Å². The number of nitrogens with one attached hydrogen (secondary N) is 3. The Balaban J connectivity index is 0.997. The maximum atomic E-state index is 15.7. The molecule has 4 heterocycles. The molecule has 2 aliphatic heterocycles. The van der Waals surface area contributed by atoms with Gasteiger partial charge in [-0.3, -0.25) is 9.69 Å². The summed E-state index contributed by atoms with van der Waals surface area (Å²) in [5.41, 5.74) is 8.59. The third-order valence-electron chi connectivity index (χ3n) is 18.2. The van der Waals surface area contributed by atoms with Crippen molar-refractivity contribution in [1.82, 2.24) is 15.0 Å². The first-order chi connectivity index (χ1) is 37.5. The van der Waals surface area contributed by atoms with Crippen LogP contribution in [0.15, 0.2) is 103 Å². The Hall–Kier alpha value is -6.89. The van der Waals surface area contributed by atoms with Crippen LogP contribution in [-0.2, 0) is 19.7 Å². The molecule has 0 spiro atoms. The van der Waals surface area contributed by atoms with E-state index in [0.717, 1.165) is 45.4 Å². The van der Waals surface area contributed by atoms with Crippen LogP contribution in [0.1, 0.15) is 89.1 Å². The number of aliphatic carboxylic acids is 1. The highest BCUT2D eigenvalue weighted by atomic mass is 16.8. The number of aromatic nitrogens is 3. The number of nitrogens with two attached hydrogens (primary N) is 1. The number of allylic oxidation sites excluding steroid dienone is 1. The lowest BCUT2D eigenvalue weighted by atomic mass is 9.53. The summed E-state index contributed by atoms with van der Waals surface area (Å²) in [6, 6.07) is 17.9. The Morgan fingerprint density at radius 2 is 1.71 bits per heavy atom. The largest absolute Gasteiger partial charge is 0.508 e.